The Morgan fingerprint density at radius 1 is 1.30 bits per heavy atom. The summed E-state index contributed by atoms with van der Waals surface area (Å²) in [6.07, 6.45) is 15.6. The molecule has 2 nitrogen and oxygen atoms in total. The SMILES string of the molecule is C=CN(/C=C\C)CCCNC(=C)c1ccc(C)c(C#CC2=CCCC=C2)c1. The quantitative estimate of drug-likeness (QED) is 0.484. The van der Waals surface area contributed by atoms with Gasteiger partial charge in [0.15, 0.2) is 0 Å². The van der Waals surface area contributed by atoms with Gasteiger partial charge in [-0.2, -0.15) is 0 Å². The molecule has 0 spiro atoms. The summed E-state index contributed by atoms with van der Waals surface area (Å²) in [6.45, 7) is 13.9. The van der Waals surface area contributed by atoms with E-state index in [1.165, 1.54) is 5.56 Å². The fourth-order valence-corrected chi connectivity index (χ4v) is 2.81. The molecule has 0 aliphatic heterocycles. The smallest absolute Gasteiger partial charge is 0.0341 e. The first-order valence-electron chi connectivity index (χ1n) is 9.57. The Bertz CT molecular complexity index is 812. The van der Waals surface area contributed by atoms with Crippen molar-refractivity contribution in [2.24, 2.45) is 0 Å². The molecule has 0 saturated heterocycles. The molecule has 0 saturated carbocycles. The molecule has 1 N–H and O–H groups in total. The standard InChI is InChI=1S/C25H30N2/c1-5-18-27(6-2)19-10-17-26-22(4)25-15-13-21(3)24(20-25)16-14-23-11-8-7-9-12-23/h5-6,8,11-13,15,18,20,26H,2,4,7,9-10,17,19H2,1,3H3/b18-5-. The van der Waals surface area contributed by atoms with Crippen LogP contribution < -0.4 is 5.32 Å². The first-order valence-corrected chi connectivity index (χ1v) is 9.57. The molecule has 1 aliphatic rings. The highest BCUT2D eigenvalue weighted by atomic mass is 15.1. The van der Waals surface area contributed by atoms with Crippen molar-refractivity contribution in [3.8, 4) is 11.8 Å². The maximum atomic E-state index is 4.19. The molecule has 0 atom stereocenters. The summed E-state index contributed by atoms with van der Waals surface area (Å²) in [6, 6.07) is 6.34. The Morgan fingerprint density at radius 3 is 2.85 bits per heavy atom. The molecule has 0 aromatic heterocycles. The molecular weight excluding hydrogens is 328 g/mol. The second-order valence-electron chi connectivity index (χ2n) is 6.58. The molecular formula is C25H30N2. The first-order chi connectivity index (χ1) is 13.1. The Balaban J connectivity index is 1.95. The van der Waals surface area contributed by atoms with E-state index in [0.717, 1.165) is 54.7 Å². The molecule has 0 radical (unpaired) electrons. The van der Waals surface area contributed by atoms with Gasteiger partial charge in [-0.05, 0) is 62.7 Å². The molecule has 140 valence electrons. The molecule has 2 heteroatoms. The fraction of sp³-hybridized carbons (Fsp3) is 0.280. The predicted molar refractivity (Wildman–Crippen MR) is 118 cm³/mol. The van der Waals surface area contributed by atoms with Gasteiger partial charge in [-0.25, -0.2) is 0 Å². The summed E-state index contributed by atoms with van der Waals surface area (Å²) in [7, 11) is 0. The van der Waals surface area contributed by atoms with Crippen LogP contribution in [-0.2, 0) is 0 Å². The second kappa shape index (κ2) is 10.9. The average molecular weight is 359 g/mol. The molecule has 0 unspecified atom stereocenters. The molecule has 27 heavy (non-hydrogen) atoms. The van der Waals surface area contributed by atoms with Crippen LogP contribution in [0, 0.1) is 18.8 Å². The van der Waals surface area contributed by atoms with Crippen molar-refractivity contribution in [3.63, 3.8) is 0 Å². The van der Waals surface area contributed by atoms with E-state index in [-0.39, 0.29) is 0 Å². The van der Waals surface area contributed by atoms with Crippen LogP contribution in [0.2, 0.25) is 0 Å². The van der Waals surface area contributed by atoms with Gasteiger partial charge in [0.05, 0.1) is 0 Å². The number of nitrogens with zero attached hydrogens (tertiary/aromatic N) is 1. The Morgan fingerprint density at radius 2 is 2.15 bits per heavy atom. The third kappa shape index (κ3) is 6.72. The van der Waals surface area contributed by atoms with Crippen LogP contribution in [0.15, 0.2) is 73.6 Å². The van der Waals surface area contributed by atoms with Gasteiger partial charge in [-0.3, -0.25) is 0 Å². The van der Waals surface area contributed by atoms with Gasteiger partial charge in [0.2, 0.25) is 0 Å². The van der Waals surface area contributed by atoms with E-state index >= 15 is 0 Å². The van der Waals surface area contributed by atoms with Crippen LogP contribution in [0.3, 0.4) is 0 Å². The minimum absolute atomic E-state index is 0.868. The molecule has 2 rings (SSSR count). The lowest BCUT2D eigenvalue weighted by molar-refractivity contribution is 0.487. The van der Waals surface area contributed by atoms with Crippen molar-refractivity contribution in [3.05, 3.63) is 90.3 Å². The lowest BCUT2D eigenvalue weighted by Crippen LogP contribution is -2.19. The normalized spacial score (nSPS) is 12.9. The van der Waals surface area contributed by atoms with Gasteiger partial charge in [0.25, 0.3) is 0 Å². The first kappa shape index (κ1) is 20.4. The highest BCUT2D eigenvalue weighted by molar-refractivity contribution is 5.64. The zero-order valence-corrected chi connectivity index (χ0v) is 16.6. The predicted octanol–water partition coefficient (Wildman–Crippen LogP) is 5.55. The third-order valence-electron chi connectivity index (χ3n) is 4.43. The second-order valence-corrected chi connectivity index (χ2v) is 6.58. The number of hydrogen-bond acceptors (Lipinski definition) is 2. The molecule has 1 aromatic carbocycles. The zero-order valence-electron chi connectivity index (χ0n) is 16.6. The number of aryl methyl sites for hydroxylation is 1. The van der Waals surface area contributed by atoms with E-state index in [2.05, 4.69) is 78.6 Å². The number of rotatable bonds is 8. The van der Waals surface area contributed by atoms with E-state index in [1.807, 2.05) is 25.4 Å². The third-order valence-corrected chi connectivity index (χ3v) is 4.43. The Kier molecular flexibility index (Phi) is 8.26. The number of hydrogen-bond donors (Lipinski definition) is 1. The number of nitrogens with one attached hydrogen (secondary N) is 1. The van der Waals surface area contributed by atoms with Crippen molar-refractivity contribution < 1.29 is 0 Å². The van der Waals surface area contributed by atoms with E-state index in [9.17, 15) is 0 Å². The minimum Gasteiger partial charge on any atom is -0.385 e. The van der Waals surface area contributed by atoms with E-state index in [0.29, 0.717) is 0 Å². The van der Waals surface area contributed by atoms with E-state index in [4.69, 9.17) is 0 Å². The molecule has 0 amide bonds. The van der Waals surface area contributed by atoms with Crippen LogP contribution in [-0.4, -0.2) is 18.0 Å². The Hall–Kier alpha value is -2.92. The summed E-state index contributed by atoms with van der Waals surface area (Å²) in [5.41, 5.74) is 5.38. The summed E-state index contributed by atoms with van der Waals surface area (Å²) in [4.78, 5) is 2.08. The highest BCUT2D eigenvalue weighted by Crippen LogP contribution is 2.16. The Labute approximate surface area is 164 Å². The van der Waals surface area contributed by atoms with Crippen LogP contribution >= 0.6 is 0 Å². The summed E-state index contributed by atoms with van der Waals surface area (Å²) >= 11 is 0. The highest BCUT2D eigenvalue weighted by Gasteiger charge is 2.03. The lowest BCUT2D eigenvalue weighted by Gasteiger charge is -2.16. The van der Waals surface area contributed by atoms with Gasteiger partial charge < -0.3 is 10.2 Å². The van der Waals surface area contributed by atoms with Crippen molar-refractivity contribution >= 4 is 5.70 Å². The largest absolute Gasteiger partial charge is 0.385 e. The van der Waals surface area contributed by atoms with Gasteiger partial charge in [0, 0.05) is 29.9 Å². The van der Waals surface area contributed by atoms with Crippen molar-refractivity contribution in [2.45, 2.75) is 33.1 Å². The summed E-state index contributed by atoms with van der Waals surface area (Å²) in [5, 5.41) is 3.42. The molecule has 0 heterocycles. The maximum Gasteiger partial charge on any atom is 0.0341 e. The minimum atomic E-state index is 0.868. The van der Waals surface area contributed by atoms with Crippen molar-refractivity contribution in [1.82, 2.24) is 10.2 Å². The molecule has 0 bridgehead atoms. The topological polar surface area (TPSA) is 15.3 Å². The summed E-state index contributed by atoms with van der Waals surface area (Å²) in [5.74, 6) is 6.60. The molecule has 1 aromatic rings. The van der Waals surface area contributed by atoms with Crippen LogP contribution in [0.1, 0.15) is 42.9 Å². The van der Waals surface area contributed by atoms with Crippen LogP contribution in [0.25, 0.3) is 5.70 Å². The fourth-order valence-electron chi connectivity index (χ4n) is 2.81. The van der Waals surface area contributed by atoms with E-state index in [1.54, 1.807) is 0 Å². The van der Waals surface area contributed by atoms with Crippen molar-refractivity contribution in [2.75, 3.05) is 13.1 Å². The van der Waals surface area contributed by atoms with Gasteiger partial charge >= 0.3 is 0 Å². The van der Waals surface area contributed by atoms with Gasteiger partial charge in [-0.1, -0.05) is 61.4 Å². The zero-order chi connectivity index (χ0) is 19.5. The molecule has 0 fully saturated rings. The van der Waals surface area contributed by atoms with Gasteiger partial charge in [-0.15, -0.1) is 0 Å². The molecule has 1 aliphatic carbocycles. The monoisotopic (exact) mass is 358 g/mol. The average Bonchev–Trinajstić information content (AvgIpc) is 2.70. The number of allylic oxidation sites excluding steroid dienone is 5. The van der Waals surface area contributed by atoms with Crippen LogP contribution in [0.5, 0.6) is 0 Å². The van der Waals surface area contributed by atoms with E-state index < -0.39 is 0 Å². The van der Waals surface area contributed by atoms with Gasteiger partial charge in [0.1, 0.15) is 0 Å². The van der Waals surface area contributed by atoms with Crippen LogP contribution in [0.4, 0.5) is 0 Å². The summed E-state index contributed by atoms with van der Waals surface area (Å²) < 4.78 is 0. The van der Waals surface area contributed by atoms with Crippen molar-refractivity contribution in [1.29, 1.82) is 0 Å². The maximum absolute atomic E-state index is 4.19. The lowest BCUT2D eigenvalue weighted by atomic mass is 10.0. The number of benzene rings is 1.